The summed E-state index contributed by atoms with van der Waals surface area (Å²) in [6.45, 7) is 6.96. The molecule has 0 unspecified atom stereocenters. The van der Waals surface area contributed by atoms with E-state index in [2.05, 4.69) is 48.7 Å². The summed E-state index contributed by atoms with van der Waals surface area (Å²) in [5.74, 6) is 1.79. The fourth-order valence-corrected chi connectivity index (χ4v) is 3.82. The number of rotatable bonds is 12. The summed E-state index contributed by atoms with van der Waals surface area (Å²) < 4.78 is 11.2. The molecule has 2 rings (SSSR count). The first-order chi connectivity index (χ1) is 14.1. The minimum absolute atomic E-state index is 0.340. The number of guanidine groups is 1. The topological polar surface area (TPSA) is 58.1 Å². The third-order valence-corrected chi connectivity index (χ3v) is 5.60. The highest BCUT2D eigenvalue weighted by atomic mass is 16.5. The first kappa shape index (κ1) is 23.5. The molecule has 0 aromatic heterocycles. The van der Waals surface area contributed by atoms with Gasteiger partial charge in [0.25, 0.3) is 0 Å². The Morgan fingerprint density at radius 2 is 1.97 bits per heavy atom. The highest BCUT2D eigenvalue weighted by Gasteiger charge is 2.33. The molecule has 1 saturated carbocycles. The van der Waals surface area contributed by atoms with Gasteiger partial charge in [-0.3, -0.25) is 0 Å². The van der Waals surface area contributed by atoms with Crippen molar-refractivity contribution < 1.29 is 9.47 Å². The van der Waals surface area contributed by atoms with Crippen LogP contribution in [0, 0.1) is 5.41 Å². The van der Waals surface area contributed by atoms with Crippen molar-refractivity contribution in [3.05, 3.63) is 29.8 Å². The molecule has 1 fully saturated rings. The van der Waals surface area contributed by atoms with Gasteiger partial charge in [-0.1, -0.05) is 25.0 Å². The number of nitrogens with one attached hydrogen (secondary N) is 2. The quantitative estimate of drug-likeness (QED) is 0.414. The van der Waals surface area contributed by atoms with Gasteiger partial charge in [0.05, 0.1) is 6.54 Å². The van der Waals surface area contributed by atoms with Gasteiger partial charge in [0.2, 0.25) is 0 Å². The zero-order chi connectivity index (χ0) is 21.0. The van der Waals surface area contributed by atoms with Crippen LogP contribution in [0.15, 0.2) is 29.3 Å². The zero-order valence-corrected chi connectivity index (χ0v) is 18.8. The number of hydrogen-bond donors (Lipinski definition) is 2. The standard InChI is InChI=1S/C23H40N4O2/c1-5-24-22(26-19-23(13-15-28-4)11-6-7-12-23)25-18-20-9-8-10-21(17-20)29-16-14-27(2)3/h8-10,17H,5-7,11-16,18-19H2,1-4H3,(H2,24,25,26). The van der Waals surface area contributed by atoms with E-state index in [1.54, 1.807) is 7.11 Å². The summed E-state index contributed by atoms with van der Waals surface area (Å²) >= 11 is 0. The highest BCUT2D eigenvalue weighted by molar-refractivity contribution is 5.79. The van der Waals surface area contributed by atoms with Crippen molar-refractivity contribution in [2.45, 2.75) is 45.6 Å². The number of methoxy groups -OCH3 is 1. The smallest absolute Gasteiger partial charge is 0.191 e. The van der Waals surface area contributed by atoms with E-state index in [0.29, 0.717) is 18.6 Å². The molecule has 1 aliphatic rings. The average Bonchev–Trinajstić information content (AvgIpc) is 3.18. The normalized spacial score (nSPS) is 16.2. The van der Waals surface area contributed by atoms with E-state index in [0.717, 1.165) is 49.9 Å². The molecule has 0 atom stereocenters. The van der Waals surface area contributed by atoms with Gasteiger partial charge in [-0.15, -0.1) is 0 Å². The van der Waals surface area contributed by atoms with Crippen LogP contribution in [0.1, 0.15) is 44.6 Å². The molecular weight excluding hydrogens is 364 g/mol. The number of likely N-dealkylation sites (N-methyl/N-ethyl adjacent to an activating group) is 1. The molecule has 6 heteroatoms. The maximum atomic E-state index is 5.84. The molecular formula is C23H40N4O2. The lowest BCUT2D eigenvalue weighted by molar-refractivity contribution is 0.138. The van der Waals surface area contributed by atoms with Crippen LogP contribution in [0.25, 0.3) is 0 Å². The van der Waals surface area contributed by atoms with Crippen LogP contribution in [0.3, 0.4) is 0 Å². The van der Waals surface area contributed by atoms with Gasteiger partial charge in [0, 0.05) is 33.4 Å². The molecule has 0 heterocycles. The second kappa shape index (κ2) is 12.7. The molecule has 0 radical (unpaired) electrons. The first-order valence-electron chi connectivity index (χ1n) is 10.9. The largest absolute Gasteiger partial charge is 0.492 e. The Balaban J connectivity index is 1.92. The Hall–Kier alpha value is -1.79. The van der Waals surface area contributed by atoms with Crippen molar-refractivity contribution in [1.29, 1.82) is 0 Å². The summed E-state index contributed by atoms with van der Waals surface area (Å²) in [6, 6.07) is 8.23. The van der Waals surface area contributed by atoms with Crippen LogP contribution in [-0.2, 0) is 11.3 Å². The molecule has 164 valence electrons. The predicted molar refractivity (Wildman–Crippen MR) is 121 cm³/mol. The summed E-state index contributed by atoms with van der Waals surface area (Å²) in [5.41, 5.74) is 1.49. The summed E-state index contributed by atoms with van der Waals surface area (Å²) in [5, 5.41) is 6.97. The van der Waals surface area contributed by atoms with E-state index < -0.39 is 0 Å². The van der Waals surface area contributed by atoms with Gasteiger partial charge in [-0.05, 0) is 63.4 Å². The van der Waals surface area contributed by atoms with Crippen LogP contribution in [0.5, 0.6) is 5.75 Å². The second-order valence-electron chi connectivity index (χ2n) is 8.30. The second-order valence-corrected chi connectivity index (χ2v) is 8.30. The minimum Gasteiger partial charge on any atom is -0.492 e. The third kappa shape index (κ3) is 8.62. The monoisotopic (exact) mass is 404 g/mol. The van der Waals surface area contributed by atoms with E-state index >= 15 is 0 Å². The van der Waals surface area contributed by atoms with Gasteiger partial charge >= 0.3 is 0 Å². The number of nitrogens with zero attached hydrogens (tertiary/aromatic N) is 2. The Morgan fingerprint density at radius 1 is 1.17 bits per heavy atom. The summed E-state index contributed by atoms with van der Waals surface area (Å²) in [6.07, 6.45) is 6.30. The Bertz CT molecular complexity index is 613. The fourth-order valence-electron chi connectivity index (χ4n) is 3.82. The van der Waals surface area contributed by atoms with E-state index in [-0.39, 0.29) is 0 Å². The molecule has 1 aromatic carbocycles. The molecule has 6 nitrogen and oxygen atoms in total. The molecule has 1 aromatic rings. The lowest BCUT2D eigenvalue weighted by Crippen LogP contribution is -2.43. The molecule has 29 heavy (non-hydrogen) atoms. The fraction of sp³-hybridized carbons (Fsp3) is 0.696. The molecule has 0 bridgehead atoms. The van der Waals surface area contributed by atoms with E-state index in [1.807, 2.05) is 12.1 Å². The summed E-state index contributed by atoms with van der Waals surface area (Å²) in [4.78, 5) is 6.92. The van der Waals surface area contributed by atoms with Gasteiger partial charge in [0.1, 0.15) is 12.4 Å². The molecule has 2 N–H and O–H groups in total. The third-order valence-electron chi connectivity index (χ3n) is 5.60. The number of aliphatic imine (C=N–C) groups is 1. The van der Waals surface area contributed by atoms with Crippen molar-refractivity contribution in [1.82, 2.24) is 15.5 Å². The van der Waals surface area contributed by atoms with Crippen LogP contribution in [0.2, 0.25) is 0 Å². The van der Waals surface area contributed by atoms with Crippen LogP contribution in [0.4, 0.5) is 0 Å². The Morgan fingerprint density at radius 3 is 2.66 bits per heavy atom. The van der Waals surface area contributed by atoms with Crippen LogP contribution < -0.4 is 15.4 Å². The zero-order valence-electron chi connectivity index (χ0n) is 18.8. The van der Waals surface area contributed by atoms with Crippen molar-refractivity contribution in [2.24, 2.45) is 10.4 Å². The molecule has 0 spiro atoms. The average molecular weight is 405 g/mol. The lowest BCUT2D eigenvalue weighted by Gasteiger charge is -2.30. The number of ether oxygens (including phenoxy) is 2. The minimum atomic E-state index is 0.340. The van der Waals surface area contributed by atoms with Crippen LogP contribution >= 0.6 is 0 Å². The predicted octanol–water partition coefficient (Wildman–Crippen LogP) is 3.28. The first-order valence-corrected chi connectivity index (χ1v) is 10.9. The maximum Gasteiger partial charge on any atom is 0.191 e. The van der Waals surface area contributed by atoms with Gasteiger partial charge in [-0.2, -0.15) is 0 Å². The van der Waals surface area contributed by atoms with Crippen molar-refractivity contribution in [3.63, 3.8) is 0 Å². The van der Waals surface area contributed by atoms with E-state index in [4.69, 9.17) is 14.5 Å². The molecule has 0 aliphatic heterocycles. The number of benzene rings is 1. The molecule has 0 amide bonds. The molecule has 1 aliphatic carbocycles. The lowest BCUT2D eigenvalue weighted by atomic mass is 9.83. The van der Waals surface area contributed by atoms with Gasteiger partial charge in [0.15, 0.2) is 5.96 Å². The Labute approximate surface area is 177 Å². The SMILES string of the molecule is CCNC(=NCc1cccc(OCCN(C)C)c1)NCC1(CCOC)CCCC1. The summed E-state index contributed by atoms with van der Waals surface area (Å²) in [7, 11) is 5.89. The highest BCUT2D eigenvalue weighted by Crippen LogP contribution is 2.40. The van der Waals surface area contributed by atoms with Crippen molar-refractivity contribution in [2.75, 3.05) is 54.1 Å². The van der Waals surface area contributed by atoms with E-state index in [9.17, 15) is 0 Å². The Kier molecular flexibility index (Phi) is 10.3. The number of hydrogen-bond acceptors (Lipinski definition) is 4. The molecule has 0 saturated heterocycles. The van der Waals surface area contributed by atoms with Gasteiger partial charge < -0.3 is 25.0 Å². The van der Waals surface area contributed by atoms with E-state index in [1.165, 1.54) is 25.7 Å². The maximum absolute atomic E-state index is 5.84. The van der Waals surface area contributed by atoms with Crippen molar-refractivity contribution >= 4 is 5.96 Å². The van der Waals surface area contributed by atoms with Crippen LogP contribution in [-0.4, -0.2) is 64.9 Å². The van der Waals surface area contributed by atoms with Crippen molar-refractivity contribution in [3.8, 4) is 5.75 Å². The van der Waals surface area contributed by atoms with Gasteiger partial charge in [-0.25, -0.2) is 4.99 Å².